The number of benzene rings is 2. The molecule has 2 atom stereocenters. The number of carbonyl (C=O) groups excluding carboxylic acids is 1. The molecule has 0 radical (unpaired) electrons. The fourth-order valence-electron chi connectivity index (χ4n) is 5.04. The number of likely N-dealkylation sites (tertiary alicyclic amines) is 1. The van der Waals surface area contributed by atoms with Gasteiger partial charge in [0.25, 0.3) is 0 Å². The van der Waals surface area contributed by atoms with Gasteiger partial charge in [-0.05, 0) is 86.4 Å². The molecule has 5 nitrogen and oxygen atoms in total. The molecule has 2 aromatic rings. The molecule has 6 heteroatoms. The molecule has 0 bridgehead atoms. The number of rotatable bonds is 2. The summed E-state index contributed by atoms with van der Waals surface area (Å²) in [4.78, 5) is 19.3. The van der Waals surface area contributed by atoms with E-state index in [1.165, 1.54) is 27.8 Å². The van der Waals surface area contributed by atoms with Crippen molar-refractivity contribution in [1.29, 1.82) is 0 Å². The lowest BCUT2D eigenvalue weighted by Crippen LogP contribution is -2.46. The van der Waals surface area contributed by atoms with Crippen LogP contribution in [-0.2, 0) is 17.6 Å². The highest BCUT2D eigenvalue weighted by Crippen LogP contribution is 2.36. The summed E-state index contributed by atoms with van der Waals surface area (Å²) in [6.07, 6.45) is 3.78. The third-order valence-corrected chi connectivity index (χ3v) is 7.01. The van der Waals surface area contributed by atoms with Gasteiger partial charge in [-0.25, -0.2) is 4.79 Å². The lowest BCUT2D eigenvalue weighted by molar-refractivity contribution is 0.0264. The van der Waals surface area contributed by atoms with Crippen molar-refractivity contribution in [2.75, 3.05) is 13.1 Å². The van der Waals surface area contributed by atoms with Crippen LogP contribution in [0.15, 0.2) is 45.9 Å². The molecule has 0 aromatic heterocycles. The Bertz CT molecular complexity index is 1090. The second kappa shape index (κ2) is 8.22. The Balaban J connectivity index is 1.31. The predicted molar refractivity (Wildman–Crippen MR) is 131 cm³/mol. The molecule has 1 aliphatic carbocycles. The number of hydrogen-bond donors (Lipinski definition) is 1. The van der Waals surface area contributed by atoms with Crippen molar-refractivity contribution in [3.8, 4) is 11.1 Å². The maximum atomic E-state index is 12.7. The van der Waals surface area contributed by atoms with E-state index in [2.05, 4.69) is 57.6 Å². The average Bonchev–Trinajstić information content (AvgIpc) is 3.41. The summed E-state index contributed by atoms with van der Waals surface area (Å²) >= 11 is 3.59. The second-order valence-corrected chi connectivity index (χ2v) is 10.9. The molecule has 1 N–H and O–H groups in total. The molecule has 1 fully saturated rings. The molecule has 5 rings (SSSR count). The van der Waals surface area contributed by atoms with Crippen LogP contribution in [0.2, 0.25) is 0 Å². The zero-order valence-electron chi connectivity index (χ0n) is 19.0. The summed E-state index contributed by atoms with van der Waals surface area (Å²) in [7, 11) is 0. The number of aliphatic imine (C=N–C) groups is 1. The van der Waals surface area contributed by atoms with Crippen molar-refractivity contribution in [1.82, 2.24) is 10.2 Å². The molecule has 0 saturated carbocycles. The van der Waals surface area contributed by atoms with Crippen molar-refractivity contribution >= 4 is 27.9 Å². The second-order valence-electron chi connectivity index (χ2n) is 9.97. The first kappa shape index (κ1) is 21.5. The monoisotopic (exact) mass is 495 g/mol. The van der Waals surface area contributed by atoms with Crippen LogP contribution in [0.5, 0.6) is 0 Å². The fourth-order valence-corrected chi connectivity index (χ4v) is 5.45. The highest BCUT2D eigenvalue weighted by Gasteiger charge is 2.37. The standard InChI is InChI=1S/C26H30BrN3O2/c1-26(2,3)32-25(31)30-12-4-5-23(30)24-28-15-22(29-24)18-8-10-20-16(13-18)6-7-17-14-19(27)9-11-21(17)20/h8-11,13-14,22-23H,4-7,12,15H2,1-3H3,(H,28,29)/t22?,23-/m0/s1. The first-order chi connectivity index (χ1) is 15.3. The van der Waals surface area contributed by atoms with Gasteiger partial charge >= 0.3 is 6.09 Å². The smallest absolute Gasteiger partial charge is 0.410 e. The molecule has 32 heavy (non-hydrogen) atoms. The first-order valence-corrected chi connectivity index (χ1v) is 12.3. The van der Waals surface area contributed by atoms with Gasteiger partial charge in [-0.1, -0.05) is 40.2 Å². The van der Waals surface area contributed by atoms with E-state index in [-0.39, 0.29) is 18.2 Å². The zero-order chi connectivity index (χ0) is 22.5. The third kappa shape index (κ3) is 4.17. The van der Waals surface area contributed by atoms with E-state index in [0.717, 1.165) is 42.5 Å². The van der Waals surface area contributed by atoms with Crippen LogP contribution < -0.4 is 5.32 Å². The molecule has 1 amide bonds. The van der Waals surface area contributed by atoms with Crippen molar-refractivity contribution in [3.63, 3.8) is 0 Å². The van der Waals surface area contributed by atoms with Crippen LogP contribution in [0.1, 0.15) is 56.3 Å². The van der Waals surface area contributed by atoms with E-state index >= 15 is 0 Å². The number of nitrogens with one attached hydrogen (secondary N) is 1. The lowest BCUT2D eigenvalue weighted by atomic mass is 9.84. The van der Waals surface area contributed by atoms with Crippen LogP contribution in [0.25, 0.3) is 11.1 Å². The normalized spacial score (nSPS) is 22.1. The first-order valence-electron chi connectivity index (χ1n) is 11.5. The molecule has 168 valence electrons. The van der Waals surface area contributed by atoms with Gasteiger partial charge in [0, 0.05) is 11.0 Å². The molecule has 2 aliphatic heterocycles. The number of halogens is 1. The highest BCUT2D eigenvalue weighted by atomic mass is 79.9. The van der Waals surface area contributed by atoms with Crippen LogP contribution in [0, 0.1) is 0 Å². The van der Waals surface area contributed by atoms with Gasteiger partial charge in [-0.3, -0.25) is 9.89 Å². The minimum absolute atomic E-state index is 0.0159. The molecular formula is C26H30BrN3O2. The number of nitrogens with zero attached hydrogens (tertiary/aromatic N) is 2. The number of amides is 1. The molecule has 0 spiro atoms. The van der Waals surface area contributed by atoms with Crippen molar-refractivity contribution in [3.05, 3.63) is 57.6 Å². The number of amidine groups is 1. The summed E-state index contributed by atoms with van der Waals surface area (Å²) in [5.74, 6) is 0.922. The molecule has 3 aliphatic rings. The van der Waals surface area contributed by atoms with Gasteiger partial charge < -0.3 is 10.1 Å². The van der Waals surface area contributed by atoms with E-state index in [9.17, 15) is 4.79 Å². The molecular weight excluding hydrogens is 466 g/mol. The van der Waals surface area contributed by atoms with E-state index < -0.39 is 5.60 Å². The quantitative estimate of drug-likeness (QED) is 0.584. The summed E-state index contributed by atoms with van der Waals surface area (Å²) in [6, 6.07) is 13.6. The van der Waals surface area contributed by atoms with Gasteiger partial charge in [-0.15, -0.1) is 0 Å². The zero-order valence-corrected chi connectivity index (χ0v) is 20.5. The Morgan fingerprint density at radius 2 is 1.84 bits per heavy atom. The van der Waals surface area contributed by atoms with E-state index in [0.29, 0.717) is 6.54 Å². The summed E-state index contributed by atoms with van der Waals surface area (Å²) in [5.41, 5.74) is 6.28. The van der Waals surface area contributed by atoms with Crippen molar-refractivity contribution in [2.45, 2.75) is 64.1 Å². The third-order valence-electron chi connectivity index (χ3n) is 6.52. The van der Waals surface area contributed by atoms with E-state index in [4.69, 9.17) is 9.73 Å². The van der Waals surface area contributed by atoms with Gasteiger partial charge in [0.05, 0.1) is 18.6 Å². The van der Waals surface area contributed by atoms with Gasteiger partial charge in [-0.2, -0.15) is 0 Å². The number of ether oxygens (including phenoxy) is 1. The van der Waals surface area contributed by atoms with Crippen molar-refractivity contribution < 1.29 is 9.53 Å². The Kier molecular flexibility index (Phi) is 5.52. The fraction of sp³-hybridized carbons (Fsp3) is 0.462. The molecule has 1 unspecified atom stereocenters. The minimum atomic E-state index is -0.491. The SMILES string of the molecule is CC(C)(C)OC(=O)N1CCC[C@H]1C1=NCC(c2ccc3c(c2)CCc2cc(Br)ccc2-3)N1. The summed E-state index contributed by atoms with van der Waals surface area (Å²) < 4.78 is 6.76. The number of hydrogen-bond acceptors (Lipinski definition) is 4. The predicted octanol–water partition coefficient (Wildman–Crippen LogP) is 5.66. The van der Waals surface area contributed by atoms with Crippen LogP contribution >= 0.6 is 15.9 Å². The van der Waals surface area contributed by atoms with Gasteiger partial charge in [0.2, 0.25) is 0 Å². The maximum Gasteiger partial charge on any atom is 0.410 e. The Labute approximate surface area is 198 Å². The van der Waals surface area contributed by atoms with Crippen molar-refractivity contribution in [2.24, 2.45) is 4.99 Å². The minimum Gasteiger partial charge on any atom is -0.444 e. The van der Waals surface area contributed by atoms with Gasteiger partial charge in [0.1, 0.15) is 11.4 Å². The van der Waals surface area contributed by atoms with Crippen LogP contribution in [-0.4, -0.2) is 41.6 Å². The van der Waals surface area contributed by atoms with E-state index in [1.54, 1.807) is 0 Å². The highest BCUT2D eigenvalue weighted by molar-refractivity contribution is 9.10. The molecule has 2 aromatic carbocycles. The van der Waals surface area contributed by atoms with Crippen LogP contribution in [0.4, 0.5) is 4.79 Å². The molecule has 1 saturated heterocycles. The largest absolute Gasteiger partial charge is 0.444 e. The molecule has 2 heterocycles. The Morgan fingerprint density at radius 1 is 1.12 bits per heavy atom. The van der Waals surface area contributed by atoms with Crippen LogP contribution in [0.3, 0.4) is 0 Å². The number of fused-ring (bicyclic) bond motifs is 3. The van der Waals surface area contributed by atoms with Gasteiger partial charge in [0.15, 0.2) is 0 Å². The Morgan fingerprint density at radius 3 is 2.59 bits per heavy atom. The topological polar surface area (TPSA) is 53.9 Å². The Hall–Kier alpha value is -2.34. The maximum absolute atomic E-state index is 12.7. The summed E-state index contributed by atoms with van der Waals surface area (Å²) in [6.45, 7) is 7.15. The number of aryl methyl sites for hydroxylation is 2. The lowest BCUT2D eigenvalue weighted by Gasteiger charge is -2.29. The summed E-state index contributed by atoms with van der Waals surface area (Å²) in [5, 5.41) is 3.62. The average molecular weight is 496 g/mol. The van der Waals surface area contributed by atoms with E-state index in [1.807, 2.05) is 25.7 Å². The number of carbonyl (C=O) groups is 1.